The first kappa shape index (κ1) is 18.3. The number of pyridine rings is 1. The van der Waals surface area contributed by atoms with Gasteiger partial charge < -0.3 is 5.32 Å². The van der Waals surface area contributed by atoms with Gasteiger partial charge in [-0.1, -0.05) is 18.2 Å². The fraction of sp³-hybridized carbons (Fsp3) is 0.188. The van der Waals surface area contributed by atoms with Crippen LogP contribution < -0.4 is 5.32 Å². The maximum absolute atomic E-state index is 13.0. The molecule has 0 bridgehead atoms. The minimum absolute atomic E-state index is 0.0970. The van der Waals surface area contributed by atoms with E-state index in [2.05, 4.69) is 26.2 Å². The van der Waals surface area contributed by atoms with Crippen LogP contribution in [0, 0.1) is 10.1 Å². The van der Waals surface area contributed by atoms with E-state index in [-0.39, 0.29) is 28.0 Å². The van der Waals surface area contributed by atoms with Gasteiger partial charge in [0.2, 0.25) is 0 Å². The number of hydrogen-bond donors (Lipinski definition) is 1. The summed E-state index contributed by atoms with van der Waals surface area (Å²) in [5.41, 5.74) is 0.111. The molecule has 2 heterocycles. The Balaban J connectivity index is 2.33. The molecule has 1 N–H and O–H groups in total. The van der Waals surface area contributed by atoms with Crippen LogP contribution in [0.5, 0.6) is 0 Å². The van der Waals surface area contributed by atoms with Crippen LogP contribution in [0.3, 0.4) is 0 Å². The third-order valence-corrected chi connectivity index (χ3v) is 5.91. The number of rotatable bonds is 5. The number of hydrogen-bond acceptors (Lipinski definition) is 6. The summed E-state index contributed by atoms with van der Waals surface area (Å²) in [6, 6.07) is 7.83. The summed E-state index contributed by atoms with van der Waals surface area (Å²) in [7, 11) is -3.90. The molecule has 0 radical (unpaired) electrons. The Bertz CT molecular complexity index is 1090. The molecule has 0 unspecified atom stereocenters. The Morgan fingerprint density at radius 1 is 1.27 bits per heavy atom. The van der Waals surface area contributed by atoms with Gasteiger partial charge in [0.1, 0.15) is 11.9 Å². The van der Waals surface area contributed by atoms with Gasteiger partial charge in [-0.3, -0.25) is 10.1 Å². The third kappa shape index (κ3) is 3.06. The van der Waals surface area contributed by atoms with Crippen LogP contribution >= 0.6 is 15.9 Å². The number of anilines is 1. The van der Waals surface area contributed by atoms with Crippen LogP contribution in [0.15, 0.2) is 52.1 Å². The van der Waals surface area contributed by atoms with Crippen molar-refractivity contribution in [1.82, 2.24) is 8.96 Å². The molecule has 2 aromatic heterocycles. The summed E-state index contributed by atoms with van der Waals surface area (Å²) in [4.78, 5) is 15.0. The Morgan fingerprint density at radius 3 is 2.50 bits per heavy atom. The number of nitro groups is 1. The zero-order chi connectivity index (χ0) is 19.1. The molecule has 0 atom stereocenters. The highest BCUT2D eigenvalue weighted by atomic mass is 79.9. The number of benzene rings is 1. The van der Waals surface area contributed by atoms with E-state index in [9.17, 15) is 18.5 Å². The predicted molar refractivity (Wildman–Crippen MR) is 102 cm³/mol. The van der Waals surface area contributed by atoms with Gasteiger partial charge in [0.05, 0.1) is 15.2 Å². The highest BCUT2D eigenvalue weighted by Crippen LogP contribution is 2.39. The standard InChI is InChI=1S/C16H15BrN4O4S/c1-10(2)19-15-13(21(22)23)8-18-16-14(15)12(17)9-20(16)26(24,25)11-6-4-3-5-7-11/h3-10H,1-2H3,(H,18,19). The van der Waals surface area contributed by atoms with Gasteiger partial charge in [0.15, 0.2) is 5.65 Å². The van der Waals surface area contributed by atoms with Gasteiger partial charge >= 0.3 is 5.69 Å². The molecule has 0 aliphatic heterocycles. The van der Waals surface area contributed by atoms with E-state index in [4.69, 9.17) is 0 Å². The van der Waals surface area contributed by atoms with Crippen LogP contribution in [0.4, 0.5) is 11.4 Å². The molecule has 3 aromatic rings. The van der Waals surface area contributed by atoms with E-state index in [0.29, 0.717) is 9.86 Å². The van der Waals surface area contributed by atoms with Crippen molar-refractivity contribution in [2.24, 2.45) is 0 Å². The van der Waals surface area contributed by atoms with Crippen LogP contribution in [-0.4, -0.2) is 28.3 Å². The zero-order valence-electron chi connectivity index (χ0n) is 13.9. The summed E-state index contributed by atoms with van der Waals surface area (Å²) < 4.78 is 27.3. The molecule has 26 heavy (non-hydrogen) atoms. The van der Waals surface area contributed by atoms with Gasteiger partial charge in [-0.2, -0.15) is 0 Å². The highest BCUT2D eigenvalue weighted by molar-refractivity contribution is 9.10. The van der Waals surface area contributed by atoms with Gasteiger partial charge in [-0.25, -0.2) is 17.4 Å². The lowest BCUT2D eigenvalue weighted by Gasteiger charge is -2.12. The molecule has 8 nitrogen and oxygen atoms in total. The summed E-state index contributed by atoms with van der Waals surface area (Å²) in [5.74, 6) is 0. The van der Waals surface area contributed by atoms with Gasteiger partial charge in [0, 0.05) is 16.7 Å². The topological polar surface area (TPSA) is 107 Å². The number of nitrogens with zero attached hydrogens (tertiary/aromatic N) is 3. The quantitative estimate of drug-likeness (QED) is 0.479. The van der Waals surface area contributed by atoms with Crippen molar-refractivity contribution < 1.29 is 13.3 Å². The molecule has 0 aliphatic rings. The lowest BCUT2D eigenvalue weighted by atomic mass is 10.2. The molecular weight excluding hydrogens is 424 g/mol. The van der Waals surface area contributed by atoms with Crippen molar-refractivity contribution >= 4 is 48.4 Å². The fourth-order valence-corrected chi connectivity index (χ4v) is 4.63. The van der Waals surface area contributed by atoms with Crippen LogP contribution in [-0.2, 0) is 10.0 Å². The molecule has 1 aromatic carbocycles. The molecule has 0 saturated carbocycles. The van der Waals surface area contributed by atoms with Crippen LogP contribution in [0.1, 0.15) is 13.8 Å². The number of halogens is 1. The largest absolute Gasteiger partial charge is 0.377 e. The first-order chi connectivity index (χ1) is 12.2. The van der Waals surface area contributed by atoms with Crippen molar-refractivity contribution in [2.75, 3.05) is 5.32 Å². The summed E-state index contributed by atoms with van der Waals surface area (Å²) in [6.07, 6.45) is 2.42. The minimum Gasteiger partial charge on any atom is -0.377 e. The molecule has 136 valence electrons. The number of aromatic nitrogens is 2. The smallest absolute Gasteiger partial charge is 0.311 e. The second-order valence-electron chi connectivity index (χ2n) is 5.86. The molecule has 3 rings (SSSR count). The van der Waals surface area contributed by atoms with Crippen molar-refractivity contribution in [1.29, 1.82) is 0 Å². The van der Waals surface area contributed by atoms with Crippen molar-refractivity contribution in [3.63, 3.8) is 0 Å². The Kier molecular flexibility index (Phi) is 4.72. The monoisotopic (exact) mass is 438 g/mol. The second-order valence-corrected chi connectivity index (χ2v) is 8.53. The maximum Gasteiger partial charge on any atom is 0.311 e. The van der Waals surface area contributed by atoms with Gasteiger partial charge in [-0.15, -0.1) is 0 Å². The third-order valence-electron chi connectivity index (χ3n) is 3.65. The fourth-order valence-electron chi connectivity index (χ4n) is 2.58. The molecule has 0 spiro atoms. The Morgan fingerprint density at radius 2 is 1.92 bits per heavy atom. The van der Waals surface area contributed by atoms with Crippen molar-refractivity contribution in [2.45, 2.75) is 24.8 Å². The van der Waals surface area contributed by atoms with Crippen molar-refractivity contribution in [3.05, 3.63) is 57.3 Å². The van der Waals surface area contributed by atoms with E-state index >= 15 is 0 Å². The van der Waals surface area contributed by atoms with E-state index in [0.717, 1.165) is 10.2 Å². The lowest BCUT2D eigenvalue weighted by molar-refractivity contribution is -0.384. The maximum atomic E-state index is 13.0. The van der Waals surface area contributed by atoms with Crippen molar-refractivity contribution in [3.8, 4) is 0 Å². The van der Waals surface area contributed by atoms with E-state index in [1.807, 2.05) is 13.8 Å². The molecule has 0 aliphatic carbocycles. The zero-order valence-corrected chi connectivity index (χ0v) is 16.3. The van der Waals surface area contributed by atoms with E-state index < -0.39 is 14.9 Å². The first-order valence-electron chi connectivity index (χ1n) is 7.64. The first-order valence-corrected chi connectivity index (χ1v) is 9.88. The van der Waals surface area contributed by atoms with Gasteiger partial charge in [-0.05, 0) is 41.9 Å². The summed E-state index contributed by atoms with van der Waals surface area (Å²) in [5, 5.41) is 14.7. The molecular formula is C16H15BrN4O4S. The second kappa shape index (κ2) is 6.69. The number of fused-ring (bicyclic) bond motifs is 1. The summed E-state index contributed by atoms with van der Waals surface area (Å²) >= 11 is 3.32. The van der Waals surface area contributed by atoms with Gasteiger partial charge in [0.25, 0.3) is 10.0 Å². The predicted octanol–water partition coefficient (Wildman–Crippen LogP) is 3.76. The Labute approximate surface area is 158 Å². The molecule has 0 amide bonds. The van der Waals surface area contributed by atoms with E-state index in [1.54, 1.807) is 18.2 Å². The SMILES string of the molecule is CC(C)Nc1c([N+](=O)[O-])cnc2c1c(Br)cn2S(=O)(=O)c1ccccc1. The average molecular weight is 439 g/mol. The lowest BCUT2D eigenvalue weighted by Crippen LogP contribution is -2.14. The van der Waals surface area contributed by atoms with Crippen LogP contribution in [0.25, 0.3) is 11.0 Å². The average Bonchev–Trinajstić information content (AvgIpc) is 2.93. The van der Waals surface area contributed by atoms with E-state index in [1.165, 1.54) is 18.3 Å². The number of nitrogens with one attached hydrogen (secondary N) is 1. The summed E-state index contributed by atoms with van der Waals surface area (Å²) in [6.45, 7) is 3.67. The Hall–Kier alpha value is -2.46. The van der Waals surface area contributed by atoms with Crippen LogP contribution in [0.2, 0.25) is 0 Å². The minimum atomic E-state index is -3.90. The highest BCUT2D eigenvalue weighted by Gasteiger charge is 2.27. The normalized spacial score (nSPS) is 11.8. The molecule has 0 saturated heterocycles. The molecule has 10 heteroatoms. The molecule has 0 fully saturated rings.